The first-order chi connectivity index (χ1) is 9.54. The Labute approximate surface area is 121 Å². The number of piperazine rings is 1. The van der Waals surface area contributed by atoms with Gasteiger partial charge >= 0.3 is 0 Å². The third kappa shape index (κ3) is 3.14. The Bertz CT molecular complexity index is 366. The summed E-state index contributed by atoms with van der Waals surface area (Å²) in [5.74, 6) is 0.666. The largest absolute Gasteiger partial charge is 0.381 e. The number of amides is 2. The maximum Gasteiger partial charge on any atom is 0.246 e. The minimum atomic E-state index is -0.358. The molecule has 2 amide bonds. The molecule has 3 unspecified atom stereocenters. The average Bonchev–Trinajstić information content (AvgIpc) is 2.48. The van der Waals surface area contributed by atoms with Gasteiger partial charge in [0.2, 0.25) is 11.8 Å². The van der Waals surface area contributed by atoms with Crippen molar-refractivity contribution in [1.82, 2.24) is 10.2 Å². The van der Waals surface area contributed by atoms with Gasteiger partial charge in [-0.15, -0.1) is 0 Å². The molecule has 114 valence electrons. The standard InChI is InChI=1S/C15H26N2O3/c1-4-10(2)14-15(19)17(9-13(18)16-14)11(3)12-5-7-20-8-6-12/h10-12,14H,4-9H2,1-3H3,(H,16,18). The summed E-state index contributed by atoms with van der Waals surface area (Å²) in [6.45, 7) is 7.86. The molecule has 2 aliphatic heterocycles. The predicted octanol–water partition coefficient (Wildman–Crippen LogP) is 1.17. The molecule has 3 atom stereocenters. The van der Waals surface area contributed by atoms with E-state index in [0.29, 0.717) is 5.92 Å². The molecule has 5 heteroatoms. The molecule has 2 rings (SSSR count). The van der Waals surface area contributed by atoms with Gasteiger partial charge in [-0.3, -0.25) is 9.59 Å². The van der Waals surface area contributed by atoms with E-state index >= 15 is 0 Å². The molecule has 5 nitrogen and oxygen atoms in total. The third-order valence-corrected chi connectivity index (χ3v) is 4.83. The van der Waals surface area contributed by atoms with E-state index < -0.39 is 0 Å². The van der Waals surface area contributed by atoms with Crippen LogP contribution in [0.2, 0.25) is 0 Å². The van der Waals surface area contributed by atoms with E-state index in [0.717, 1.165) is 32.5 Å². The molecule has 2 aliphatic rings. The van der Waals surface area contributed by atoms with Crippen LogP contribution in [0.1, 0.15) is 40.0 Å². The van der Waals surface area contributed by atoms with Gasteiger partial charge in [-0.25, -0.2) is 0 Å². The van der Waals surface area contributed by atoms with Crippen LogP contribution in [0.5, 0.6) is 0 Å². The number of carbonyl (C=O) groups is 2. The van der Waals surface area contributed by atoms with Gasteiger partial charge < -0.3 is 15.0 Å². The number of hydrogen-bond acceptors (Lipinski definition) is 3. The van der Waals surface area contributed by atoms with Crippen molar-refractivity contribution in [2.45, 2.75) is 52.1 Å². The fourth-order valence-electron chi connectivity index (χ4n) is 3.11. The van der Waals surface area contributed by atoms with Crippen LogP contribution in [0.15, 0.2) is 0 Å². The molecule has 0 bridgehead atoms. The smallest absolute Gasteiger partial charge is 0.246 e. The van der Waals surface area contributed by atoms with Gasteiger partial charge in [0.1, 0.15) is 6.04 Å². The van der Waals surface area contributed by atoms with Crippen LogP contribution < -0.4 is 5.32 Å². The summed E-state index contributed by atoms with van der Waals surface area (Å²) in [6, 6.07) is -0.243. The Morgan fingerprint density at radius 3 is 2.55 bits per heavy atom. The van der Waals surface area contributed by atoms with Crippen LogP contribution in [0.3, 0.4) is 0 Å². The van der Waals surface area contributed by atoms with Gasteiger partial charge in [0.25, 0.3) is 0 Å². The van der Waals surface area contributed by atoms with Crippen LogP contribution in [0.4, 0.5) is 0 Å². The van der Waals surface area contributed by atoms with Gasteiger partial charge in [-0.1, -0.05) is 20.3 Å². The second kappa shape index (κ2) is 6.57. The first-order valence-electron chi connectivity index (χ1n) is 7.72. The van der Waals surface area contributed by atoms with Gasteiger partial charge in [-0.05, 0) is 31.6 Å². The fraction of sp³-hybridized carbons (Fsp3) is 0.867. The van der Waals surface area contributed by atoms with E-state index in [1.165, 1.54) is 0 Å². The van der Waals surface area contributed by atoms with Crippen LogP contribution in [-0.4, -0.2) is 48.6 Å². The second-order valence-corrected chi connectivity index (χ2v) is 6.09. The van der Waals surface area contributed by atoms with Crippen molar-refractivity contribution < 1.29 is 14.3 Å². The van der Waals surface area contributed by atoms with E-state index in [2.05, 4.69) is 12.2 Å². The zero-order chi connectivity index (χ0) is 14.7. The van der Waals surface area contributed by atoms with Crippen molar-refractivity contribution in [2.75, 3.05) is 19.8 Å². The maximum absolute atomic E-state index is 12.6. The molecular formula is C15H26N2O3. The molecule has 20 heavy (non-hydrogen) atoms. The Morgan fingerprint density at radius 1 is 1.30 bits per heavy atom. The zero-order valence-corrected chi connectivity index (χ0v) is 12.7. The molecule has 1 N–H and O–H groups in total. The first kappa shape index (κ1) is 15.3. The minimum Gasteiger partial charge on any atom is -0.381 e. The third-order valence-electron chi connectivity index (χ3n) is 4.83. The number of ether oxygens (including phenoxy) is 1. The molecule has 2 saturated heterocycles. The van der Waals surface area contributed by atoms with Crippen molar-refractivity contribution in [3.63, 3.8) is 0 Å². The average molecular weight is 282 g/mol. The van der Waals surface area contributed by atoms with Gasteiger partial charge in [-0.2, -0.15) is 0 Å². The number of rotatable bonds is 4. The topological polar surface area (TPSA) is 58.6 Å². The van der Waals surface area contributed by atoms with E-state index in [4.69, 9.17) is 4.74 Å². The summed E-state index contributed by atoms with van der Waals surface area (Å²) >= 11 is 0. The zero-order valence-electron chi connectivity index (χ0n) is 12.7. The van der Waals surface area contributed by atoms with Crippen LogP contribution in [0, 0.1) is 11.8 Å². The molecule has 2 heterocycles. The summed E-state index contributed by atoms with van der Waals surface area (Å²) in [4.78, 5) is 26.3. The summed E-state index contributed by atoms with van der Waals surface area (Å²) in [7, 11) is 0. The molecule has 0 radical (unpaired) electrons. The van der Waals surface area contributed by atoms with Crippen molar-refractivity contribution in [2.24, 2.45) is 11.8 Å². The lowest BCUT2D eigenvalue weighted by Gasteiger charge is -2.42. The van der Waals surface area contributed by atoms with E-state index in [1.807, 2.05) is 13.8 Å². The molecule has 0 aromatic carbocycles. The molecule has 2 fully saturated rings. The predicted molar refractivity (Wildman–Crippen MR) is 76.1 cm³/mol. The first-order valence-corrected chi connectivity index (χ1v) is 7.72. The number of nitrogens with one attached hydrogen (secondary N) is 1. The van der Waals surface area contributed by atoms with Crippen LogP contribution >= 0.6 is 0 Å². The lowest BCUT2D eigenvalue weighted by molar-refractivity contribution is -0.149. The number of carbonyl (C=O) groups excluding carboxylic acids is 2. The summed E-state index contributed by atoms with van der Waals surface area (Å²) in [5, 5.41) is 2.85. The van der Waals surface area contributed by atoms with Crippen molar-refractivity contribution in [3.05, 3.63) is 0 Å². The highest BCUT2D eigenvalue weighted by Crippen LogP contribution is 2.25. The second-order valence-electron chi connectivity index (χ2n) is 6.09. The van der Waals surface area contributed by atoms with Crippen molar-refractivity contribution >= 4 is 11.8 Å². The highest BCUT2D eigenvalue weighted by molar-refractivity contribution is 5.95. The normalized spacial score (nSPS) is 28.1. The monoisotopic (exact) mass is 282 g/mol. The summed E-state index contributed by atoms with van der Waals surface area (Å²) in [6.07, 6.45) is 2.83. The summed E-state index contributed by atoms with van der Waals surface area (Å²) in [5.41, 5.74) is 0. The Morgan fingerprint density at radius 2 is 1.95 bits per heavy atom. The van der Waals surface area contributed by atoms with Gasteiger partial charge in [0, 0.05) is 19.3 Å². The van der Waals surface area contributed by atoms with Crippen molar-refractivity contribution in [1.29, 1.82) is 0 Å². The number of hydrogen-bond donors (Lipinski definition) is 1. The van der Waals surface area contributed by atoms with Crippen LogP contribution in [-0.2, 0) is 14.3 Å². The van der Waals surface area contributed by atoms with Gasteiger partial charge in [0.05, 0.1) is 6.54 Å². The Balaban J connectivity index is 2.08. The number of nitrogens with zero attached hydrogens (tertiary/aromatic N) is 1. The van der Waals surface area contributed by atoms with Gasteiger partial charge in [0.15, 0.2) is 0 Å². The molecule has 0 aromatic heterocycles. The van der Waals surface area contributed by atoms with Crippen LogP contribution in [0.25, 0.3) is 0 Å². The highest BCUT2D eigenvalue weighted by atomic mass is 16.5. The fourth-order valence-corrected chi connectivity index (χ4v) is 3.11. The summed E-state index contributed by atoms with van der Waals surface area (Å²) < 4.78 is 5.38. The lowest BCUT2D eigenvalue weighted by Crippen LogP contribution is -2.63. The highest BCUT2D eigenvalue weighted by Gasteiger charge is 2.39. The van der Waals surface area contributed by atoms with E-state index in [9.17, 15) is 9.59 Å². The lowest BCUT2D eigenvalue weighted by atomic mass is 9.89. The molecule has 0 aromatic rings. The Kier molecular flexibility index (Phi) is 5.02. The molecule has 0 saturated carbocycles. The van der Waals surface area contributed by atoms with Crippen molar-refractivity contribution in [3.8, 4) is 0 Å². The SMILES string of the molecule is CCC(C)C1NC(=O)CN(C(C)C2CCOCC2)C1=O. The van der Waals surface area contributed by atoms with E-state index in [-0.39, 0.29) is 36.4 Å². The minimum absolute atomic E-state index is 0.0335. The quantitative estimate of drug-likeness (QED) is 0.842. The molecule has 0 spiro atoms. The van der Waals surface area contributed by atoms with E-state index in [1.54, 1.807) is 4.90 Å². The molecular weight excluding hydrogens is 256 g/mol. The maximum atomic E-state index is 12.6. The molecule has 0 aliphatic carbocycles. The Hall–Kier alpha value is -1.10.